The Balaban J connectivity index is 1.89. The van der Waals surface area contributed by atoms with Gasteiger partial charge in [-0.05, 0) is 25.7 Å². The number of nitrogens with zero attached hydrogens (tertiary/aromatic N) is 2. The first-order valence-electron chi connectivity index (χ1n) is 6.33. The minimum Gasteiger partial charge on any atom is -0.370 e. The highest BCUT2D eigenvalue weighted by Gasteiger charge is 2.22. The highest BCUT2D eigenvalue weighted by molar-refractivity contribution is 5.78. The second kappa shape index (κ2) is 4.86. The monoisotopic (exact) mass is 209 g/mol. The maximum absolute atomic E-state index is 6.05. The molecule has 2 N–H and O–H groups in total. The van der Waals surface area contributed by atoms with Crippen LogP contribution in [0.3, 0.4) is 0 Å². The standard InChI is InChI=1S/C12H23N3/c1-15(11-8-4-5-9-11)12(13)14-10-6-2-3-7-10/h10-11H,2-9H2,1H3,(H2,13,14). The first-order valence-corrected chi connectivity index (χ1v) is 6.33. The van der Waals surface area contributed by atoms with Crippen LogP contribution in [-0.2, 0) is 0 Å². The topological polar surface area (TPSA) is 41.6 Å². The molecular formula is C12H23N3. The van der Waals surface area contributed by atoms with Crippen LogP contribution in [0.15, 0.2) is 4.99 Å². The largest absolute Gasteiger partial charge is 0.370 e. The van der Waals surface area contributed by atoms with Crippen molar-refractivity contribution in [3.8, 4) is 0 Å². The summed E-state index contributed by atoms with van der Waals surface area (Å²) >= 11 is 0. The molecular weight excluding hydrogens is 186 g/mol. The average Bonchev–Trinajstić information content (AvgIpc) is 2.88. The quantitative estimate of drug-likeness (QED) is 0.559. The fourth-order valence-corrected chi connectivity index (χ4v) is 2.79. The molecule has 2 aliphatic carbocycles. The Morgan fingerprint density at radius 3 is 2.20 bits per heavy atom. The van der Waals surface area contributed by atoms with E-state index in [0.29, 0.717) is 12.1 Å². The van der Waals surface area contributed by atoms with Gasteiger partial charge in [0, 0.05) is 13.1 Å². The van der Waals surface area contributed by atoms with Crippen LogP contribution in [0.5, 0.6) is 0 Å². The zero-order valence-electron chi connectivity index (χ0n) is 9.78. The third-order valence-electron chi connectivity index (χ3n) is 3.87. The van der Waals surface area contributed by atoms with E-state index in [0.717, 1.165) is 5.96 Å². The minimum atomic E-state index is 0.508. The second-order valence-corrected chi connectivity index (χ2v) is 4.97. The lowest BCUT2D eigenvalue weighted by molar-refractivity contribution is 0.365. The van der Waals surface area contributed by atoms with E-state index in [4.69, 9.17) is 5.73 Å². The van der Waals surface area contributed by atoms with Gasteiger partial charge in [0.25, 0.3) is 0 Å². The predicted molar refractivity (Wildman–Crippen MR) is 63.9 cm³/mol. The van der Waals surface area contributed by atoms with Gasteiger partial charge in [-0.1, -0.05) is 25.7 Å². The number of aliphatic imine (C=N–C) groups is 1. The van der Waals surface area contributed by atoms with Crippen molar-refractivity contribution in [3.63, 3.8) is 0 Å². The lowest BCUT2D eigenvalue weighted by Gasteiger charge is -2.25. The molecule has 2 saturated carbocycles. The summed E-state index contributed by atoms with van der Waals surface area (Å²) in [5.41, 5.74) is 6.05. The Bertz CT molecular complexity index is 225. The summed E-state index contributed by atoms with van der Waals surface area (Å²) in [5.74, 6) is 0.772. The lowest BCUT2D eigenvalue weighted by Crippen LogP contribution is -2.41. The van der Waals surface area contributed by atoms with Gasteiger partial charge in [0.2, 0.25) is 0 Å². The van der Waals surface area contributed by atoms with Gasteiger partial charge in [0.1, 0.15) is 0 Å². The van der Waals surface area contributed by atoms with Gasteiger partial charge >= 0.3 is 0 Å². The molecule has 0 aromatic rings. The molecule has 15 heavy (non-hydrogen) atoms. The van der Waals surface area contributed by atoms with Gasteiger partial charge in [-0.25, -0.2) is 4.99 Å². The van der Waals surface area contributed by atoms with Crippen molar-refractivity contribution in [1.29, 1.82) is 0 Å². The summed E-state index contributed by atoms with van der Waals surface area (Å²) in [5, 5.41) is 0. The number of hydrogen-bond acceptors (Lipinski definition) is 1. The Hall–Kier alpha value is -0.730. The molecule has 0 radical (unpaired) electrons. The molecule has 0 amide bonds. The average molecular weight is 209 g/mol. The molecule has 2 fully saturated rings. The predicted octanol–water partition coefficient (Wildman–Crippen LogP) is 2.12. The van der Waals surface area contributed by atoms with Crippen molar-refractivity contribution in [1.82, 2.24) is 4.90 Å². The SMILES string of the molecule is CN(C(N)=NC1CCCC1)C1CCCC1. The molecule has 0 aromatic carbocycles. The zero-order chi connectivity index (χ0) is 10.7. The highest BCUT2D eigenvalue weighted by atomic mass is 15.3. The smallest absolute Gasteiger partial charge is 0.191 e. The summed E-state index contributed by atoms with van der Waals surface area (Å²) < 4.78 is 0. The van der Waals surface area contributed by atoms with Crippen molar-refractivity contribution in [2.75, 3.05) is 7.05 Å². The van der Waals surface area contributed by atoms with Gasteiger partial charge in [-0.2, -0.15) is 0 Å². The van der Waals surface area contributed by atoms with Crippen LogP contribution in [-0.4, -0.2) is 30.0 Å². The van der Waals surface area contributed by atoms with Crippen molar-refractivity contribution in [3.05, 3.63) is 0 Å². The maximum Gasteiger partial charge on any atom is 0.191 e. The Kier molecular flexibility index (Phi) is 3.49. The number of nitrogens with two attached hydrogens (primary N) is 1. The molecule has 0 aliphatic heterocycles. The van der Waals surface area contributed by atoms with Crippen molar-refractivity contribution in [2.45, 2.75) is 63.5 Å². The summed E-state index contributed by atoms with van der Waals surface area (Å²) in [7, 11) is 2.10. The van der Waals surface area contributed by atoms with Crippen LogP contribution >= 0.6 is 0 Å². The van der Waals surface area contributed by atoms with E-state index in [1.165, 1.54) is 51.4 Å². The number of hydrogen-bond donors (Lipinski definition) is 1. The van der Waals surface area contributed by atoms with Crippen LogP contribution < -0.4 is 5.73 Å². The van der Waals surface area contributed by atoms with Gasteiger partial charge in [-0.15, -0.1) is 0 Å². The van der Waals surface area contributed by atoms with Crippen LogP contribution in [0.1, 0.15) is 51.4 Å². The van der Waals surface area contributed by atoms with Gasteiger partial charge in [0.15, 0.2) is 5.96 Å². The summed E-state index contributed by atoms with van der Waals surface area (Å²) in [6.45, 7) is 0. The minimum absolute atomic E-state index is 0.508. The van der Waals surface area contributed by atoms with Crippen LogP contribution in [0.25, 0.3) is 0 Å². The molecule has 0 heterocycles. The fraction of sp³-hybridized carbons (Fsp3) is 0.917. The Labute approximate surface area is 92.7 Å². The van der Waals surface area contributed by atoms with Crippen molar-refractivity contribution in [2.24, 2.45) is 10.7 Å². The van der Waals surface area contributed by atoms with Gasteiger partial charge in [0.05, 0.1) is 6.04 Å². The van der Waals surface area contributed by atoms with E-state index >= 15 is 0 Å². The second-order valence-electron chi connectivity index (χ2n) is 4.97. The lowest BCUT2D eigenvalue weighted by atomic mass is 10.2. The highest BCUT2D eigenvalue weighted by Crippen LogP contribution is 2.24. The van der Waals surface area contributed by atoms with Crippen LogP contribution in [0, 0.1) is 0 Å². The number of rotatable bonds is 2. The molecule has 3 nitrogen and oxygen atoms in total. The molecule has 86 valence electrons. The normalized spacial score (nSPS) is 25.0. The maximum atomic E-state index is 6.05. The van der Waals surface area contributed by atoms with E-state index in [9.17, 15) is 0 Å². The molecule has 0 bridgehead atoms. The third-order valence-corrected chi connectivity index (χ3v) is 3.87. The summed E-state index contributed by atoms with van der Waals surface area (Å²) in [6, 6.07) is 1.16. The third kappa shape index (κ3) is 2.64. The zero-order valence-corrected chi connectivity index (χ0v) is 9.78. The van der Waals surface area contributed by atoms with Crippen LogP contribution in [0.2, 0.25) is 0 Å². The molecule has 3 heteroatoms. The van der Waals surface area contributed by atoms with Crippen molar-refractivity contribution >= 4 is 5.96 Å². The molecule has 0 unspecified atom stereocenters. The van der Waals surface area contributed by atoms with Crippen molar-refractivity contribution < 1.29 is 0 Å². The van der Waals surface area contributed by atoms with Gasteiger partial charge in [-0.3, -0.25) is 0 Å². The number of guanidine groups is 1. The molecule has 0 aromatic heterocycles. The molecule has 2 aliphatic rings. The van der Waals surface area contributed by atoms with E-state index < -0.39 is 0 Å². The van der Waals surface area contributed by atoms with E-state index in [1.54, 1.807) is 0 Å². The molecule has 0 atom stereocenters. The Morgan fingerprint density at radius 2 is 1.60 bits per heavy atom. The van der Waals surface area contributed by atoms with Crippen LogP contribution in [0.4, 0.5) is 0 Å². The first kappa shape index (κ1) is 10.8. The first-order chi connectivity index (χ1) is 7.27. The Morgan fingerprint density at radius 1 is 1.07 bits per heavy atom. The molecule has 2 rings (SSSR count). The summed E-state index contributed by atoms with van der Waals surface area (Å²) in [4.78, 5) is 6.84. The van der Waals surface area contributed by atoms with Gasteiger partial charge < -0.3 is 10.6 Å². The summed E-state index contributed by atoms with van der Waals surface area (Å²) in [6.07, 6.45) is 10.4. The molecule has 0 saturated heterocycles. The molecule has 0 spiro atoms. The van der Waals surface area contributed by atoms with E-state index in [2.05, 4.69) is 16.9 Å². The van der Waals surface area contributed by atoms with E-state index in [1.807, 2.05) is 0 Å². The van der Waals surface area contributed by atoms with E-state index in [-0.39, 0.29) is 0 Å². The fourth-order valence-electron chi connectivity index (χ4n) is 2.79.